The number of rotatable bonds is 3. The molecule has 0 aliphatic carbocycles. The molecular weight excluding hydrogens is 220 g/mol. The highest BCUT2D eigenvalue weighted by molar-refractivity contribution is 5.56. The molecule has 0 unspecified atom stereocenters. The minimum absolute atomic E-state index is 0.121. The molecule has 2 aromatic heterocycles. The van der Waals surface area contributed by atoms with Gasteiger partial charge in [0.25, 0.3) is 5.56 Å². The van der Waals surface area contributed by atoms with Gasteiger partial charge in [0.15, 0.2) is 11.5 Å². The van der Waals surface area contributed by atoms with Crippen molar-refractivity contribution in [2.75, 3.05) is 5.73 Å². The summed E-state index contributed by atoms with van der Waals surface area (Å²) in [6.45, 7) is 2.44. The number of nitrogens with two attached hydrogens (primary N) is 1. The fraction of sp³-hybridized carbons (Fsp3) is 0.200. The van der Waals surface area contributed by atoms with E-state index in [0.29, 0.717) is 12.2 Å². The van der Waals surface area contributed by atoms with Crippen LogP contribution in [0.15, 0.2) is 39.5 Å². The number of aromatic nitrogens is 3. The molecule has 0 atom stereocenters. The number of nitrogens with one attached hydrogen (secondary N) is 1. The molecule has 7 heteroatoms. The highest BCUT2D eigenvalue weighted by atomic mass is 16.1. The van der Waals surface area contributed by atoms with E-state index in [-0.39, 0.29) is 17.1 Å². The topological polar surface area (TPSA) is 101 Å². The second-order valence-electron chi connectivity index (χ2n) is 3.33. The maximum Gasteiger partial charge on any atom is 0.294 e. The summed E-state index contributed by atoms with van der Waals surface area (Å²) in [5.41, 5.74) is 6.08. The lowest BCUT2D eigenvalue weighted by molar-refractivity contribution is 0.662. The smallest absolute Gasteiger partial charge is 0.294 e. The van der Waals surface area contributed by atoms with Gasteiger partial charge in [-0.15, -0.1) is 10.2 Å². The lowest BCUT2D eigenvalue weighted by Gasteiger charge is -1.97. The van der Waals surface area contributed by atoms with Crippen molar-refractivity contribution in [3.63, 3.8) is 0 Å². The summed E-state index contributed by atoms with van der Waals surface area (Å²) in [5, 5.41) is 10.3. The third kappa shape index (κ3) is 2.22. The fourth-order valence-corrected chi connectivity index (χ4v) is 1.35. The zero-order valence-corrected chi connectivity index (χ0v) is 9.29. The normalized spacial score (nSPS) is 11.1. The SMILES string of the molecule is CCn1[nH]c(=O)c(N=Nc2cccnc2)c1N. The van der Waals surface area contributed by atoms with Crippen LogP contribution in [0.2, 0.25) is 0 Å². The number of aryl methyl sites for hydroxylation is 1. The predicted molar refractivity (Wildman–Crippen MR) is 63.6 cm³/mol. The summed E-state index contributed by atoms with van der Waals surface area (Å²) in [7, 11) is 0. The molecule has 0 aliphatic heterocycles. The van der Waals surface area contributed by atoms with Crippen molar-refractivity contribution in [2.45, 2.75) is 13.5 Å². The van der Waals surface area contributed by atoms with Crippen LogP contribution >= 0.6 is 0 Å². The lowest BCUT2D eigenvalue weighted by Crippen LogP contribution is -2.05. The van der Waals surface area contributed by atoms with Gasteiger partial charge in [0.05, 0.1) is 6.20 Å². The molecule has 2 aromatic rings. The van der Waals surface area contributed by atoms with Gasteiger partial charge in [-0.3, -0.25) is 19.6 Å². The van der Waals surface area contributed by atoms with Gasteiger partial charge in [-0.2, -0.15) is 0 Å². The minimum Gasteiger partial charge on any atom is -0.382 e. The molecule has 0 bridgehead atoms. The average Bonchev–Trinajstić information content (AvgIpc) is 2.63. The predicted octanol–water partition coefficient (Wildman–Crippen LogP) is 1.59. The molecule has 2 rings (SSSR count). The monoisotopic (exact) mass is 232 g/mol. The Hall–Kier alpha value is -2.44. The van der Waals surface area contributed by atoms with Crippen molar-refractivity contribution in [1.82, 2.24) is 14.8 Å². The number of aromatic amines is 1. The molecule has 0 fully saturated rings. The summed E-state index contributed by atoms with van der Waals surface area (Å²) < 4.78 is 1.51. The first-order valence-corrected chi connectivity index (χ1v) is 5.12. The third-order valence-electron chi connectivity index (χ3n) is 2.21. The molecule has 0 amide bonds. The quantitative estimate of drug-likeness (QED) is 0.785. The maximum atomic E-state index is 11.5. The van der Waals surface area contributed by atoms with Gasteiger partial charge in [-0.1, -0.05) is 0 Å². The molecule has 0 saturated heterocycles. The van der Waals surface area contributed by atoms with Crippen LogP contribution in [0.25, 0.3) is 0 Å². The number of anilines is 1. The number of hydrogen-bond donors (Lipinski definition) is 2. The Balaban J connectivity index is 2.34. The van der Waals surface area contributed by atoms with Gasteiger partial charge in [-0.05, 0) is 19.1 Å². The number of azo groups is 1. The van der Waals surface area contributed by atoms with Crippen molar-refractivity contribution in [3.8, 4) is 0 Å². The summed E-state index contributed by atoms with van der Waals surface area (Å²) in [4.78, 5) is 15.4. The van der Waals surface area contributed by atoms with Gasteiger partial charge in [0.1, 0.15) is 5.69 Å². The number of nitrogen functional groups attached to an aromatic ring is 1. The second-order valence-corrected chi connectivity index (χ2v) is 3.33. The van der Waals surface area contributed by atoms with Crippen LogP contribution in [0.5, 0.6) is 0 Å². The largest absolute Gasteiger partial charge is 0.382 e. The van der Waals surface area contributed by atoms with Crippen molar-refractivity contribution >= 4 is 17.2 Å². The minimum atomic E-state index is -0.350. The summed E-state index contributed by atoms with van der Waals surface area (Å²) in [6, 6.07) is 3.47. The van der Waals surface area contributed by atoms with Gasteiger partial charge < -0.3 is 5.73 Å². The summed E-state index contributed by atoms with van der Waals surface area (Å²) >= 11 is 0. The molecule has 0 saturated carbocycles. The summed E-state index contributed by atoms with van der Waals surface area (Å²) in [5.74, 6) is 0.283. The molecule has 88 valence electrons. The Morgan fingerprint density at radius 1 is 1.53 bits per heavy atom. The van der Waals surface area contributed by atoms with E-state index >= 15 is 0 Å². The van der Waals surface area contributed by atoms with E-state index in [1.165, 1.54) is 4.68 Å². The average molecular weight is 232 g/mol. The van der Waals surface area contributed by atoms with E-state index in [2.05, 4.69) is 20.3 Å². The number of nitrogens with zero attached hydrogens (tertiary/aromatic N) is 4. The molecule has 3 N–H and O–H groups in total. The second kappa shape index (κ2) is 4.60. The molecule has 0 aliphatic rings. The molecule has 0 aromatic carbocycles. The van der Waals surface area contributed by atoms with Crippen LogP contribution in [0.3, 0.4) is 0 Å². The Morgan fingerprint density at radius 3 is 2.94 bits per heavy atom. The summed E-state index contributed by atoms with van der Waals surface area (Å²) in [6.07, 6.45) is 3.18. The molecule has 7 nitrogen and oxygen atoms in total. The van der Waals surface area contributed by atoms with Crippen LogP contribution in [0, 0.1) is 0 Å². The zero-order valence-electron chi connectivity index (χ0n) is 9.29. The molecule has 17 heavy (non-hydrogen) atoms. The molecule has 2 heterocycles. The first-order valence-electron chi connectivity index (χ1n) is 5.12. The Labute approximate surface area is 97.0 Å². The number of pyridine rings is 1. The first-order chi connectivity index (χ1) is 8.22. The molecule has 0 radical (unpaired) electrons. The van der Waals surface area contributed by atoms with Crippen LogP contribution in [-0.4, -0.2) is 14.8 Å². The van der Waals surface area contributed by atoms with Crippen molar-refractivity contribution in [3.05, 3.63) is 34.9 Å². The van der Waals surface area contributed by atoms with E-state index < -0.39 is 0 Å². The number of hydrogen-bond acceptors (Lipinski definition) is 5. The van der Waals surface area contributed by atoms with Crippen molar-refractivity contribution in [2.24, 2.45) is 10.2 Å². The van der Waals surface area contributed by atoms with Crippen LogP contribution in [0.1, 0.15) is 6.92 Å². The van der Waals surface area contributed by atoms with Crippen LogP contribution < -0.4 is 11.3 Å². The standard InChI is InChI=1S/C10H12N6O/c1-2-16-9(11)8(10(17)15-16)14-13-7-4-3-5-12-6-7/h3-6H,2,11H2,1H3,(H,15,17). The Bertz CT molecular complexity index is 583. The first kappa shape index (κ1) is 11.1. The number of H-pyrrole nitrogens is 1. The molecule has 0 spiro atoms. The Morgan fingerprint density at radius 2 is 2.35 bits per heavy atom. The van der Waals surface area contributed by atoms with E-state index in [4.69, 9.17) is 5.73 Å². The van der Waals surface area contributed by atoms with Gasteiger partial charge >= 0.3 is 0 Å². The van der Waals surface area contributed by atoms with E-state index in [1.807, 2.05) is 6.92 Å². The lowest BCUT2D eigenvalue weighted by atomic mass is 10.4. The van der Waals surface area contributed by atoms with Crippen molar-refractivity contribution < 1.29 is 0 Å². The van der Waals surface area contributed by atoms with E-state index in [0.717, 1.165) is 0 Å². The molecular formula is C10H12N6O. The Kier molecular flexibility index (Phi) is 2.99. The highest BCUT2D eigenvalue weighted by Crippen LogP contribution is 2.19. The highest BCUT2D eigenvalue weighted by Gasteiger charge is 2.09. The fourth-order valence-electron chi connectivity index (χ4n) is 1.35. The zero-order chi connectivity index (χ0) is 12.3. The van der Waals surface area contributed by atoms with Crippen molar-refractivity contribution in [1.29, 1.82) is 0 Å². The third-order valence-corrected chi connectivity index (χ3v) is 2.21. The van der Waals surface area contributed by atoms with Gasteiger partial charge in [0.2, 0.25) is 0 Å². The van der Waals surface area contributed by atoms with Crippen LogP contribution in [0.4, 0.5) is 17.2 Å². The van der Waals surface area contributed by atoms with E-state index in [9.17, 15) is 4.79 Å². The van der Waals surface area contributed by atoms with E-state index in [1.54, 1.807) is 24.5 Å². The van der Waals surface area contributed by atoms with Gasteiger partial charge in [-0.25, -0.2) is 0 Å². The maximum absolute atomic E-state index is 11.5. The van der Waals surface area contributed by atoms with Crippen LogP contribution in [-0.2, 0) is 6.54 Å². The van der Waals surface area contributed by atoms with Gasteiger partial charge in [0, 0.05) is 12.7 Å².